The number of ether oxygens (including phenoxy) is 1. The highest BCUT2D eigenvalue weighted by Gasteiger charge is 2.31. The van der Waals surface area contributed by atoms with Crippen LogP contribution in [0.5, 0.6) is 0 Å². The molecule has 0 saturated carbocycles. The summed E-state index contributed by atoms with van der Waals surface area (Å²) in [6, 6.07) is 0. The van der Waals surface area contributed by atoms with Gasteiger partial charge in [0, 0.05) is 18.6 Å². The van der Waals surface area contributed by atoms with Gasteiger partial charge in [0.25, 0.3) is 0 Å². The van der Waals surface area contributed by atoms with Gasteiger partial charge in [-0.05, 0) is 25.7 Å². The fourth-order valence-electron chi connectivity index (χ4n) is 1.62. The molecule has 70 valence electrons. The van der Waals surface area contributed by atoms with E-state index in [1.165, 1.54) is 0 Å². The first-order chi connectivity index (χ1) is 5.83. The van der Waals surface area contributed by atoms with Crippen molar-refractivity contribution in [2.75, 3.05) is 19.9 Å². The minimum atomic E-state index is -0.323. The van der Waals surface area contributed by atoms with Crippen molar-refractivity contribution >= 4 is 6.29 Å². The average molecular weight is 174 g/mol. The minimum Gasteiger partial charge on any atom is -0.381 e. The van der Waals surface area contributed by atoms with Gasteiger partial charge in [-0.25, -0.2) is 0 Å². The van der Waals surface area contributed by atoms with Gasteiger partial charge in [0.05, 0.1) is 6.67 Å². The summed E-state index contributed by atoms with van der Waals surface area (Å²) < 4.78 is 17.1. The third-order valence-electron chi connectivity index (χ3n) is 2.55. The summed E-state index contributed by atoms with van der Waals surface area (Å²) in [5, 5.41) is 0. The molecule has 12 heavy (non-hydrogen) atoms. The number of carbonyl (C=O) groups excluding carboxylic acids is 1. The Balaban J connectivity index is 2.42. The Labute approximate surface area is 72.1 Å². The van der Waals surface area contributed by atoms with Gasteiger partial charge >= 0.3 is 0 Å². The largest absolute Gasteiger partial charge is 0.381 e. The van der Waals surface area contributed by atoms with Crippen molar-refractivity contribution in [1.82, 2.24) is 0 Å². The van der Waals surface area contributed by atoms with Crippen molar-refractivity contribution < 1.29 is 13.9 Å². The standard InChI is InChI=1S/C9H15FO2/c10-5-1-2-9(8-11)3-6-12-7-4-9/h8H,1-7H2. The van der Waals surface area contributed by atoms with Gasteiger partial charge in [-0.2, -0.15) is 0 Å². The van der Waals surface area contributed by atoms with Crippen molar-refractivity contribution in [3.05, 3.63) is 0 Å². The molecule has 0 aromatic rings. The van der Waals surface area contributed by atoms with Crippen molar-refractivity contribution in [3.63, 3.8) is 0 Å². The number of rotatable bonds is 4. The quantitative estimate of drug-likeness (QED) is 0.607. The molecule has 0 atom stereocenters. The normalized spacial score (nSPS) is 22.1. The molecular formula is C9H15FO2. The number of carbonyl (C=O) groups is 1. The number of halogens is 1. The van der Waals surface area contributed by atoms with Crippen LogP contribution < -0.4 is 0 Å². The van der Waals surface area contributed by atoms with Gasteiger partial charge in [0.15, 0.2) is 0 Å². The monoisotopic (exact) mass is 174 g/mol. The molecule has 1 aliphatic heterocycles. The second kappa shape index (κ2) is 4.55. The van der Waals surface area contributed by atoms with E-state index in [2.05, 4.69) is 0 Å². The van der Waals surface area contributed by atoms with Gasteiger partial charge in [-0.1, -0.05) is 0 Å². The van der Waals surface area contributed by atoms with Crippen molar-refractivity contribution in [3.8, 4) is 0 Å². The average Bonchev–Trinajstić information content (AvgIpc) is 2.16. The molecule has 1 fully saturated rings. The van der Waals surface area contributed by atoms with Gasteiger partial charge in [0.2, 0.25) is 0 Å². The van der Waals surface area contributed by atoms with Crippen LogP contribution in [0.3, 0.4) is 0 Å². The van der Waals surface area contributed by atoms with E-state index in [-0.39, 0.29) is 12.1 Å². The Morgan fingerprint density at radius 2 is 2.08 bits per heavy atom. The summed E-state index contributed by atoms with van der Waals surface area (Å²) in [6.45, 7) is 0.965. The molecule has 0 aliphatic carbocycles. The zero-order valence-corrected chi connectivity index (χ0v) is 7.22. The van der Waals surface area contributed by atoms with E-state index in [1.807, 2.05) is 0 Å². The molecule has 1 rings (SSSR count). The molecule has 2 nitrogen and oxygen atoms in total. The summed E-state index contributed by atoms with van der Waals surface area (Å²) in [6.07, 6.45) is 3.69. The lowest BCUT2D eigenvalue weighted by molar-refractivity contribution is -0.122. The number of hydrogen-bond acceptors (Lipinski definition) is 2. The third kappa shape index (κ3) is 2.27. The topological polar surface area (TPSA) is 26.3 Å². The minimum absolute atomic E-state index is 0.273. The molecule has 3 heteroatoms. The van der Waals surface area contributed by atoms with E-state index < -0.39 is 0 Å². The fourth-order valence-corrected chi connectivity index (χ4v) is 1.62. The predicted molar refractivity (Wildman–Crippen MR) is 43.8 cm³/mol. The van der Waals surface area contributed by atoms with Gasteiger partial charge in [-0.3, -0.25) is 4.39 Å². The van der Waals surface area contributed by atoms with Gasteiger partial charge in [0.1, 0.15) is 6.29 Å². The molecule has 1 aliphatic rings. The summed E-state index contributed by atoms with van der Waals surface area (Å²) in [5.41, 5.74) is -0.273. The van der Waals surface area contributed by atoms with Crippen LogP contribution in [0, 0.1) is 5.41 Å². The zero-order chi connectivity index (χ0) is 8.86. The predicted octanol–water partition coefficient (Wildman–Crippen LogP) is 1.73. The Bertz CT molecular complexity index is 141. The molecule has 0 aromatic heterocycles. The smallest absolute Gasteiger partial charge is 0.126 e. The molecule has 0 N–H and O–H groups in total. The number of hydrogen-bond donors (Lipinski definition) is 0. The maximum Gasteiger partial charge on any atom is 0.126 e. The molecule has 1 saturated heterocycles. The maximum absolute atomic E-state index is 11.9. The summed E-state index contributed by atoms with van der Waals surface area (Å²) in [4.78, 5) is 10.8. The zero-order valence-electron chi connectivity index (χ0n) is 7.22. The van der Waals surface area contributed by atoms with Crippen molar-refractivity contribution in [2.24, 2.45) is 5.41 Å². The fraction of sp³-hybridized carbons (Fsp3) is 0.889. The van der Waals surface area contributed by atoms with Crippen molar-refractivity contribution in [1.29, 1.82) is 0 Å². The van der Waals surface area contributed by atoms with Crippen molar-refractivity contribution in [2.45, 2.75) is 25.7 Å². The molecule has 0 amide bonds. The first-order valence-corrected chi connectivity index (χ1v) is 4.43. The Hall–Kier alpha value is -0.440. The molecule has 0 aromatic carbocycles. The van der Waals surface area contributed by atoms with Crippen LogP contribution >= 0.6 is 0 Å². The van der Waals surface area contributed by atoms with E-state index in [1.54, 1.807) is 0 Å². The summed E-state index contributed by atoms with van der Waals surface area (Å²) in [5.74, 6) is 0. The van der Waals surface area contributed by atoms with Crippen LogP contribution in [0.1, 0.15) is 25.7 Å². The Kier molecular flexibility index (Phi) is 3.66. The molecule has 1 heterocycles. The summed E-state index contributed by atoms with van der Waals surface area (Å²) in [7, 11) is 0. The third-order valence-corrected chi connectivity index (χ3v) is 2.55. The first kappa shape index (κ1) is 9.65. The molecule has 0 radical (unpaired) electrons. The number of alkyl halides is 1. The highest BCUT2D eigenvalue weighted by atomic mass is 19.1. The van der Waals surface area contributed by atoms with Crippen LogP contribution in [0.25, 0.3) is 0 Å². The van der Waals surface area contributed by atoms with Crippen LogP contribution in [0.2, 0.25) is 0 Å². The van der Waals surface area contributed by atoms with E-state index in [9.17, 15) is 9.18 Å². The van der Waals surface area contributed by atoms with Crippen LogP contribution in [-0.4, -0.2) is 26.2 Å². The molecular weight excluding hydrogens is 159 g/mol. The lowest BCUT2D eigenvalue weighted by Gasteiger charge is -2.31. The van der Waals surface area contributed by atoms with E-state index in [4.69, 9.17) is 4.74 Å². The second-order valence-corrected chi connectivity index (χ2v) is 3.39. The molecule has 0 unspecified atom stereocenters. The van der Waals surface area contributed by atoms with Crippen LogP contribution in [0.15, 0.2) is 0 Å². The lowest BCUT2D eigenvalue weighted by atomic mass is 9.78. The Morgan fingerprint density at radius 1 is 1.42 bits per heavy atom. The number of aldehydes is 1. The van der Waals surface area contributed by atoms with Gasteiger partial charge < -0.3 is 9.53 Å². The molecule has 0 spiro atoms. The Morgan fingerprint density at radius 3 is 2.58 bits per heavy atom. The highest BCUT2D eigenvalue weighted by Crippen LogP contribution is 2.32. The second-order valence-electron chi connectivity index (χ2n) is 3.39. The van der Waals surface area contributed by atoms with Gasteiger partial charge in [-0.15, -0.1) is 0 Å². The molecule has 0 bridgehead atoms. The highest BCUT2D eigenvalue weighted by molar-refractivity contribution is 5.59. The van der Waals surface area contributed by atoms with E-state index >= 15 is 0 Å². The first-order valence-electron chi connectivity index (χ1n) is 4.43. The SMILES string of the molecule is O=CC1(CCCF)CCOCC1. The van der Waals surface area contributed by atoms with Crippen LogP contribution in [-0.2, 0) is 9.53 Å². The maximum atomic E-state index is 11.9. The van der Waals surface area contributed by atoms with E-state index in [0.717, 1.165) is 19.1 Å². The van der Waals surface area contributed by atoms with E-state index in [0.29, 0.717) is 26.1 Å². The lowest BCUT2D eigenvalue weighted by Crippen LogP contribution is -2.31. The van der Waals surface area contributed by atoms with Crippen LogP contribution in [0.4, 0.5) is 4.39 Å². The summed E-state index contributed by atoms with van der Waals surface area (Å²) >= 11 is 0.